The molecule has 0 spiro atoms. The van der Waals surface area contributed by atoms with Gasteiger partial charge in [-0.05, 0) is 31.4 Å². The van der Waals surface area contributed by atoms with Gasteiger partial charge in [-0.2, -0.15) is 0 Å². The molecule has 4 nitrogen and oxygen atoms in total. The molecule has 104 valence electrons. The molecule has 1 aromatic carbocycles. The van der Waals surface area contributed by atoms with Crippen molar-refractivity contribution in [2.45, 2.75) is 25.4 Å². The Kier molecular flexibility index (Phi) is 4.22. The lowest BCUT2D eigenvalue weighted by atomic mass is 9.95. The van der Waals surface area contributed by atoms with Crippen molar-refractivity contribution in [3.63, 3.8) is 0 Å². The van der Waals surface area contributed by atoms with Gasteiger partial charge in [-0.25, -0.2) is 0 Å². The molecule has 0 amide bonds. The van der Waals surface area contributed by atoms with Gasteiger partial charge in [0.05, 0.1) is 5.60 Å². The van der Waals surface area contributed by atoms with Gasteiger partial charge in [0.25, 0.3) is 0 Å². The Morgan fingerprint density at radius 1 is 1.42 bits per heavy atom. The van der Waals surface area contributed by atoms with E-state index in [-0.39, 0.29) is 12.3 Å². The van der Waals surface area contributed by atoms with Gasteiger partial charge in [0, 0.05) is 19.5 Å². The highest BCUT2D eigenvalue weighted by atomic mass is 16.4. The fourth-order valence-electron chi connectivity index (χ4n) is 2.79. The zero-order valence-corrected chi connectivity index (χ0v) is 11.2. The van der Waals surface area contributed by atoms with Crippen LogP contribution in [0.25, 0.3) is 0 Å². The molecular weight excluding hydrogens is 242 g/mol. The van der Waals surface area contributed by atoms with Crippen LogP contribution in [0.5, 0.6) is 0 Å². The number of aliphatic hydroxyl groups is 1. The second-order valence-electron chi connectivity index (χ2n) is 5.63. The van der Waals surface area contributed by atoms with Crippen LogP contribution in [-0.4, -0.2) is 40.7 Å². The van der Waals surface area contributed by atoms with E-state index in [2.05, 4.69) is 4.90 Å². The summed E-state index contributed by atoms with van der Waals surface area (Å²) in [5, 5.41) is 19.4. The molecule has 2 N–H and O–H groups in total. The molecule has 2 atom stereocenters. The number of β-amino-alcohol motifs (C(OH)–C–C–N with tert-alkyl or cyclic N) is 1. The minimum atomic E-state index is -0.890. The second-order valence-corrected chi connectivity index (χ2v) is 5.63. The van der Waals surface area contributed by atoms with Gasteiger partial charge in [-0.1, -0.05) is 30.3 Å². The van der Waals surface area contributed by atoms with Crippen LogP contribution in [0, 0.1) is 5.92 Å². The zero-order valence-electron chi connectivity index (χ0n) is 11.2. The summed E-state index contributed by atoms with van der Waals surface area (Å²) in [5.74, 6) is -0.522. The summed E-state index contributed by atoms with van der Waals surface area (Å²) in [7, 11) is 0. The Labute approximate surface area is 113 Å². The number of hydrogen-bond donors (Lipinski definition) is 2. The summed E-state index contributed by atoms with van der Waals surface area (Å²) in [6.07, 6.45) is 1.13. The van der Waals surface area contributed by atoms with Crippen molar-refractivity contribution in [3.05, 3.63) is 35.9 Å². The molecule has 1 aliphatic rings. The number of likely N-dealkylation sites (tertiary alicyclic amines) is 1. The first kappa shape index (κ1) is 14.0. The highest BCUT2D eigenvalue weighted by Crippen LogP contribution is 2.26. The topological polar surface area (TPSA) is 60.8 Å². The number of hydrogen-bond acceptors (Lipinski definition) is 3. The second kappa shape index (κ2) is 5.72. The SMILES string of the molecule is CC(O)(CN1CCC(CC(=O)O)C1)c1ccccc1. The molecule has 19 heavy (non-hydrogen) atoms. The number of carbonyl (C=O) groups is 1. The zero-order chi connectivity index (χ0) is 13.9. The number of rotatable bonds is 5. The highest BCUT2D eigenvalue weighted by Gasteiger charge is 2.31. The molecule has 1 fully saturated rings. The van der Waals surface area contributed by atoms with E-state index in [1.807, 2.05) is 37.3 Å². The molecular formula is C15H21NO3. The summed E-state index contributed by atoms with van der Waals surface area (Å²) in [5.41, 5.74) is 0.0102. The lowest BCUT2D eigenvalue weighted by Crippen LogP contribution is -2.37. The van der Waals surface area contributed by atoms with Gasteiger partial charge < -0.3 is 10.2 Å². The van der Waals surface area contributed by atoms with Crippen LogP contribution in [-0.2, 0) is 10.4 Å². The quantitative estimate of drug-likeness (QED) is 0.848. The average Bonchev–Trinajstić information content (AvgIpc) is 2.76. The molecule has 0 aliphatic carbocycles. The van der Waals surface area contributed by atoms with E-state index in [4.69, 9.17) is 5.11 Å². The van der Waals surface area contributed by atoms with Gasteiger partial charge in [-0.3, -0.25) is 9.69 Å². The predicted molar refractivity (Wildman–Crippen MR) is 72.8 cm³/mol. The maximum atomic E-state index is 10.7. The molecule has 2 rings (SSSR count). The minimum absolute atomic E-state index is 0.212. The first-order valence-corrected chi connectivity index (χ1v) is 6.69. The standard InChI is InChI=1S/C15H21NO3/c1-15(19,13-5-3-2-4-6-13)11-16-8-7-12(10-16)9-14(17)18/h2-6,12,19H,7-11H2,1H3,(H,17,18). The largest absolute Gasteiger partial charge is 0.481 e. The Morgan fingerprint density at radius 2 is 2.11 bits per heavy atom. The lowest BCUT2D eigenvalue weighted by Gasteiger charge is -2.29. The van der Waals surface area contributed by atoms with Gasteiger partial charge in [0.2, 0.25) is 0 Å². The molecule has 0 saturated carbocycles. The molecule has 1 heterocycles. The molecule has 0 radical (unpaired) electrons. The molecule has 1 aliphatic heterocycles. The Bertz CT molecular complexity index is 430. The van der Waals surface area contributed by atoms with Crippen LogP contribution in [0.1, 0.15) is 25.3 Å². The van der Waals surface area contributed by atoms with Crippen molar-refractivity contribution in [3.8, 4) is 0 Å². The smallest absolute Gasteiger partial charge is 0.303 e. The van der Waals surface area contributed by atoms with Crippen molar-refractivity contribution in [1.29, 1.82) is 0 Å². The van der Waals surface area contributed by atoms with Crippen LogP contribution in [0.2, 0.25) is 0 Å². The fourth-order valence-corrected chi connectivity index (χ4v) is 2.79. The van der Waals surface area contributed by atoms with E-state index in [9.17, 15) is 9.90 Å². The fraction of sp³-hybridized carbons (Fsp3) is 0.533. The number of nitrogens with zero attached hydrogens (tertiary/aromatic N) is 1. The first-order valence-electron chi connectivity index (χ1n) is 6.69. The minimum Gasteiger partial charge on any atom is -0.481 e. The Balaban J connectivity index is 1.93. The summed E-state index contributed by atoms with van der Waals surface area (Å²) in [6, 6.07) is 9.61. The van der Waals surface area contributed by atoms with Crippen molar-refractivity contribution < 1.29 is 15.0 Å². The van der Waals surface area contributed by atoms with Crippen molar-refractivity contribution in [2.75, 3.05) is 19.6 Å². The normalized spacial score (nSPS) is 23.2. The van der Waals surface area contributed by atoms with Crippen LogP contribution in [0.15, 0.2) is 30.3 Å². The third-order valence-corrected chi connectivity index (χ3v) is 3.76. The van der Waals surface area contributed by atoms with Gasteiger partial charge in [-0.15, -0.1) is 0 Å². The number of benzene rings is 1. The monoisotopic (exact) mass is 263 g/mol. The maximum Gasteiger partial charge on any atom is 0.303 e. The molecule has 0 bridgehead atoms. The number of carboxylic acids is 1. The van der Waals surface area contributed by atoms with Gasteiger partial charge >= 0.3 is 5.97 Å². The molecule has 1 saturated heterocycles. The number of carboxylic acid groups (broad SMARTS) is 1. The Hall–Kier alpha value is -1.39. The van der Waals surface area contributed by atoms with E-state index >= 15 is 0 Å². The van der Waals surface area contributed by atoms with E-state index < -0.39 is 11.6 Å². The summed E-state index contributed by atoms with van der Waals surface area (Å²) in [6.45, 7) is 3.98. The van der Waals surface area contributed by atoms with E-state index in [0.717, 1.165) is 25.1 Å². The average molecular weight is 263 g/mol. The van der Waals surface area contributed by atoms with Gasteiger partial charge in [0.15, 0.2) is 0 Å². The van der Waals surface area contributed by atoms with Crippen molar-refractivity contribution >= 4 is 5.97 Å². The molecule has 0 aromatic heterocycles. The third-order valence-electron chi connectivity index (χ3n) is 3.76. The van der Waals surface area contributed by atoms with Crippen LogP contribution < -0.4 is 0 Å². The molecule has 2 unspecified atom stereocenters. The summed E-state index contributed by atoms with van der Waals surface area (Å²) >= 11 is 0. The first-order chi connectivity index (χ1) is 8.97. The Morgan fingerprint density at radius 3 is 2.74 bits per heavy atom. The van der Waals surface area contributed by atoms with Crippen LogP contribution in [0.4, 0.5) is 0 Å². The third kappa shape index (κ3) is 3.78. The van der Waals surface area contributed by atoms with Crippen LogP contribution >= 0.6 is 0 Å². The lowest BCUT2D eigenvalue weighted by molar-refractivity contribution is -0.138. The highest BCUT2D eigenvalue weighted by molar-refractivity contribution is 5.67. The van der Waals surface area contributed by atoms with E-state index in [1.54, 1.807) is 0 Å². The van der Waals surface area contributed by atoms with Crippen molar-refractivity contribution in [2.24, 2.45) is 5.92 Å². The predicted octanol–water partition coefficient (Wildman–Crippen LogP) is 1.69. The van der Waals surface area contributed by atoms with E-state index in [0.29, 0.717) is 6.54 Å². The van der Waals surface area contributed by atoms with Crippen LogP contribution in [0.3, 0.4) is 0 Å². The molecule has 4 heteroatoms. The van der Waals surface area contributed by atoms with E-state index in [1.165, 1.54) is 0 Å². The van der Waals surface area contributed by atoms with Gasteiger partial charge in [0.1, 0.15) is 0 Å². The molecule has 1 aromatic rings. The summed E-state index contributed by atoms with van der Waals surface area (Å²) < 4.78 is 0. The summed E-state index contributed by atoms with van der Waals surface area (Å²) in [4.78, 5) is 12.9. The van der Waals surface area contributed by atoms with Crippen molar-refractivity contribution in [1.82, 2.24) is 4.90 Å². The maximum absolute atomic E-state index is 10.7. The number of aliphatic carboxylic acids is 1.